The number of hydrogen-bond acceptors (Lipinski definition) is 0. The predicted molar refractivity (Wildman–Crippen MR) is 92.1 cm³/mol. The van der Waals surface area contributed by atoms with Gasteiger partial charge in [0.05, 0.1) is 0 Å². The zero-order valence-corrected chi connectivity index (χ0v) is 17.0. The van der Waals surface area contributed by atoms with Gasteiger partial charge in [0.2, 0.25) is 0 Å². The van der Waals surface area contributed by atoms with Crippen LogP contribution in [0.5, 0.6) is 0 Å². The molecule has 0 aromatic rings. The first-order valence-electron chi connectivity index (χ1n) is 8.60. The second-order valence-electron chi connectivity index (χ2n) is 6.49. The standard InChI is InChI=1S/C6H9.3C4H9.Sn/c1-4-5-6(2)3;3*1-3-4-2;/h6H,5H2,2-3H3;3*1,3-4H2,2H3;. The fraction of sp³-hybridized carbons (Fsp3) is 0.889. The van der Waals surface area contributed by atoms with E-state index in [1.807, 2.05) is 0 Å². The molecule has 1 heteroatoms. The van der Waals surface area contributed by atoms with Crippen LogP contribution in [0.1, 0.15) is 79.6 Å². The van der Waals surface area contributed by atoms with E-state index < -0.39 is 18.4 Å². The fourth-order valence-electron chi connectivity index (χ4n) is 2.55. The van der Waals surface area contributed by atoms with Crippen molar-refractivity contribution in [2.75, 3.05) is 0 Å². The second-order valence-corrected chi connectivity index (χ2v) is 18.8. The first-order valence-corrected chi connectivity index (χ1v) is 16.1. The SMILES string of the molecule is CCC[CH2][Sn]([C]#CCC(C)C)([CH2]CCC)[CH2]CCC. The first-order chi connectivity index (χ1) is 9.10. The Morgan fingerprint density at radius 1 is 0.789 bits per heavy atom. The van der Waals surface area contributed by atoms with Gasteiger partial charge in [-0.3, -0.25) is 0 Å². The van der Waals surface area contributed by atoms with Gasteiger partial charge in [-0.05, 0) is 0 Å². The van der Waals surface area contributed by atoms with Crippen LogP contribution in [-0.2, 0) is 0 Å². The molecule has 0 N–H and O–H groups in total. The summed E-state index contributed by atoms with van der Waals surface area (Å²) < 4.78 is 8.50. The quantitative estimate of drug-likeness (QED) is 0.307. The molecule has 0 atom stereocenters. The Morgan fingerprint density at radius 2 is 1.21 bits per heavy atom. The first kappa shape index (κ1) is 19.4. The molecule has 0 heterocycles. The maximum absolute atomic E-state index is 3.93. The zero-order chi connectivity index (χ0) is 14.6. The number of unbranched alkanes of at least 4 members (excludes halogenated alkanes) is 3. The van der Waals surface area contributed by atoms with E-state index in [9.17, 15) is 0 Å². The Bertz CT molecular complexity index is 235. The van der Waals surface area contributed by atoms with Crippen LogP contribution in [0.25, 0.3) is 0 Å². The maximum atomic E-state index is 3.93. The molecule has 0 saturated carbocycles. The van der Waals surface area contributed by atoms with E-state index in [1.54, 1.807) is 0 Å². The second kappa shape index (κ2) is 12.1. The third-order valence-corrected chi connectivity index (χ3v) is 17.1. The summed E-state index contributed by atoms with van der Waals surface area (Å²) in [6.07, 6.45) is 9.46. The van der Waals surface area contributed by atoms with Crippen molar-refractivity contribution in [3.05, 3.63) is 0 Å². The molecule has 0 nitrogen and oxygen atoms in total. The Labute approximate surface area is 127 Å². The predicted octanol–water partition coefficient (Wildman–Crippen LogP) is 6.42. The average molecular weight is 371 g/mol. The number of rotatable bonds is 10. The molecule has 0 aliphatic carbocycles. The van der Waals surface area contributed by atoms with Gasteiger partial charge in [0.1, 0.15) is 0 Å². The van der Waals surface area contributed by atoms with Crippen LogP contribution >= 0.6 is 0 Å². The molecule has 19 heavy (non-hydrogen) atoms. The van der Waals surface area contributed by atoms with Gasteiger partial charge >= 0.3 is 127 Å². The monoisotopic (exact) mass is 372 g/mol. The molecule has 0 amide bonds. The van der Waals surface area contributed by atoms with Gasteiger partial charge in [-0.1, -0.05) is 0 Å². The zero-order valence-electron chi connectivity index (χ0n) is 14.1. The molecule has 112 valence electrons. The van der Waals surface area contributed by atoms with Crippen LogP contribution in [0.4, 0.5) is 0 Å². The van der Waals surface area contributed by atoms with E-state index >= 15 is 0 Å². The Hall–Kier alpha value is 0.359. The van der Waals surface area contributed by atoms with E-state index in [1.165, 1.54) is 51.8 Å². The van der Waals surface area contributed by atoms with Crippen molar-refractivity contribution in [3.8, 4) is 9.86 Å². The molecule has 0 radical (unpaired) electrons. The molecule has 0 rings (SSSR count). The molecular weight excluding hydrogens is 335 g/mol. The normalized spacial score (nSPS) is 11.5. The van der Waals surface area contributed by atoms with Crippen molar-refractivity contribution in [2.24, 2.45) is 5.92 Å². The summed E-state index contributed by atoms with van der Waals surface area (Å²) in [6, 6.07) is 0. The van der Waals surface area contributed by atoms with Crippen LogP contribution < -0.4 is 0 Å². The van der Waals surface area contributed by atoms with E-state index in [2.05, 4.69) is 44.5 Å². The average Bonchev–Trinajstić information content (AvgIpc) is 2.39. The Kier molecular flexibility index (Phi) is 12.4. The summed E-state index contributed by atoms with van der Waals surface area (Å²) in [4.78, 5) is 0. The van der Waals surface area contributed by atoms with Crippen molar-refractivity contribution in [2.45, 2.75) is 92.9 Å². The summed E-state index contributed by atoms with van der Waals surface area (Å²) in [7, 11) is 0. The minimum absolute atomic E-state index is 0.736. The topological polar surface area (TPSA) is 0 Å². The summed E-state index contributed by atoms with van der Waals surface area (Å²) in [5.74, 6) is 4.33. The fourth-order valence-corrected chi connectivity index (χ4v) is 15.9. The summed E-state index contributed by atoms with van der Waals surface area (Å²) in [5.41, 5.74) is 0. The van der Waals surface area contributed by atoms with Crippen molar-refractivity contribution in [1.29, 1.82) is 0 Å². The molecule has 0 fully saturated rings. The van der Waals surface area contributed by atoms with Crippen LogP contribution in [0.15, 0.2) is 0 Å². The van der Waals surface area contributed by atoms with Crippen LogP contribution in [0, 0.1) is 15.8 Å². The van der Waals surface area contributed by atoms with Crippen LogP contribution in [-0.4, -0.2) is 18.4 Å². The molecule has 0 bridgehead atoms. The third-order valence-electron chi connectivity index (χ3n) is 3.89. The summed E-state index contributed by atoms with van der Waals surface area (Å²) >= 11 is -2.11. The van der Waals surface area contributed by atoms with E-state index in [0.717, 1.165) is 12.3 Å². The Balaban J connectivity index is 4.78. The van der Waals surface area contributed by atoms with Gasteiger partial charge in [-0.15, -0.1) is 0 Å². The van der Waals surface area contributed by atoms with Crippen molar-refractivity contribution in [3.63, 3.8) is 0 Å². The molecule has 0 aliphatic rings. The third kappa shape index (κ3) is 9.83. The van der Waals surface area contributed by atoms with E-state index in [0.29, 0.717) is 0 Å². The molecule has 0 unspecified atom stereocenters. The van der Waals surface area contributed by atoms with Crippen LogP contribution in [0.3, 0.4) is 0 Å². The molecule has 0 aromatic carbocycles. The van der Waals surface area contributed by atoms with E-state index in [4.69, 9.17) is 0 Å². The van der Waals surface area contributed by atoms with Crippen LogP contribution in [0.2, 0.25) is 13.3 Å². The van der Waals surface area contributed by atoms with Crippen molar-refractivity contribution in [1.82, 2.24) is 0 Å². The van der Waals surface area contributed by atoms with Crippen molar-refractivity contribution < 1.29 is 0 Å². The number of hydrogen-bond donors (Lipinski definition) is 0. The Morgan fingerprint density at radius 3 is 1.53 bits per heavy atom. The van der Waals surface area contributed by atoms with Gasteiger partial charge in [0.15, 0.2) is 0 Å². The van der Waals surface area contributed by atoms with Gasteiger partial charge in [-0.25, -0.2) is 0 Å². The molecular formula is C18H36Sn. The summed E-state index contributed by atoms with van der Waals surface area (Å²) in [6.45, 7) is 11.6. The van der Waals surface area contributed by atoms with Gasteiger partial charge in [0, 0.05) is 0 Å². The van der Waals surface area contributed by atoms with Gasteiger partial charge < -0.3 is 0 Å². The van der Waals surface area contributed by atoms with Gasteiger partial charge in [0.25, 0.3) is 0 Å². The molecule has 0 aromatic heterocycles. The molecule has 0 saturated heterocycles. The summed E-state index contributed by atoms with van der Waals surface area (Å²) in [5, 5.41) is 0. The van der Waals surface area contributed by atoms with E-state index in [-0.39, 0.29) is 0 Å². The molecule has 0 spiro atoms. The van der Waals surface area contributed by atoms with Crippen molar-refractivity contribution >= 4 is 18.4 Å². The molecule has 0 aliphatic heterocycles. The minimum atomic E-state index is -2.11. The van der Waals surface area contributed by atoms with Gasteiger partial charge in [-0.2, -0.15) is 0 Å².